The number of anilines is 1. The summed E-state index contributed by atoms with van der Waals surface area (Å²) in [7, 11) is 2.22. The second kappa shape index (κ2) is 8.70. The standard InChI is InChI=1S/C20H35N3/c1-17(2)10-11-21(5)16-19-6-8-20(9-7-19)23-14-12-22(13-15-23)18(3)4/h6-9,17-18H,10-16H2,1-5H3. The number of rotatable bonds is 7. The van der Waals surface area contributed by atoms with E-state index in [0.29, 0.717) is 6.04 Å². The van der Waals surface area contributed by atoms with Crippen LogP contribution in [0.3, 0.4) is 0 Å². The Hall–Kier alpha value is -1.06. The van der Waals surface area contributed by atoms with Gasteiger partial charge in [-0.2, -0.15) is 0 Å². The molecule has 23 heavy (non-hydrogen) atoms. The minimum atomic E-state index is 0.668. The highest BCUT2D eigenvalue weighted by molar-refractivity contribution is 5.48. The molecule has 0 aliphatic carbocycles. The first-order valence-corrected chi connectivity index (χ1v) is 9.22. The van der Waals surface area contributed by atoms with Crippen molar-refractivity contribution in [2.45, 2.75) is 46.7 Å². The predicted octanol–water partition coefficient (Wildman–Crippen LogP) is 3.69. The number of hydrogen-bond donors (Lipinski definition) is 0. The summed E-state index contributed by atoms with van der Waals surface area (Å²) in [6.45, 7) is 16.0. The summed E-state index contributed by atoms with van der Waals surface area (Å²) in [5, 5.41) is 0. The van der Waals surface area contributed by atoms with Gasteiger partial charge < -0.3 is 9.80 Å². The van der Waals surface area contributed by atoms with Gasteiger partial charge >= 0.3 is 0 Å². The molecular formula is C20H35N3. The highest BCUT2D eigenvalue weighted by Gasteiger charge is 2.18. The fourth-order valence-corrected chi connectivity index (χ4v) is 3.18. The van der Waals surface area contributed by atoms with Crippen LogP contribution >= 0.6 is 0 Å². The number of nitrogens with zero attached hydrogens (tertiary/aromatic N) is 3. The maximum atomic E-state index is 2.56. The lowest BCUT2D eigenvalue weighted by Crippen LogP contribution is -2.48. The van der Waals surface area contributed by atoms with E-state index in [0.717, 1.165) is 25.6 Å². The van der Waals surface area contributed by atoms with Gasteiger partial charge in [-0.05, 0) is 57.5 Å². The van der Waals surface area contributed by atoms with E-state index >= 15 is 0 Å². The average Bonchev–Trinajstić information content (AvgIpc) is 2.54. The van der Waals surface area contributed by atoms with Gasteiger partial charge in [-0.15, -0.1) is 0 Å². The maximum absolute atomic E-state index is 2.56. The normalized spacial score (nSPS) is 16.8. The van der Waals surface area contributed by atoms with Gasteiger partial charge in [0.25, 0.3) is 0 Å². The summed E-state index contributed by atoms with van der Waals surface area (Å²) in [6.07, 6.45) is 1.27. The number of benzene rings is 1. The molecule has 0 aromatic heterocycles. The lowest BCUT2D eigenvalue weighted by molar-refractivity contribution is 0.209. The molecule has 0 N–H and O–H groups in total. The summed E-state index contributed by atoms with van der Waals surface area (Å²) in [4.78, 5) is 7.51. The second-order valence-electron chi connectivity index (χ2n) is 7.70. The monoisotopic (exact) mass is 317 g/mol. The van der Waals surface area contributed by atoms with Gasteiger partial charge in [0.1, 0.15) is 0 Å². The Balaban J connectivity index is 1.83. The Labute approximate surface area is 143 Å². The van der Waals surface area contributed by atoms with Crippen LogP contribution in [-0.4, -0.2) is 55.6 Å². The van der Waals surface area contributed by atoms with Crippen LogP contribution in [0.25, 0.3) is 0 Å². The van der Waals surface area contributed by atoms with Crippen molar-refractivity contribution < 1.29 is 0 Å². The summed E-state index contributed by atoms with van der Waals surface area (Å²) < 4.78 is 0. The molecule has 3 heteroatoms. The van der Waals surface area contributed by atoms with E-state index in [2.05, 4.69) is 73.7 Å². The van der Waals surface area contributed by atoms with Crippen molar-refractivity contribution in [3.05, 3.63) is 29.8 Å². The Morgan fingerprint density at radius 3 is 2.09 bits per heavy atom. The van der Waals surface area contributed by atoms with Gasteiger partial charge in [-0.25, -0.2) is 0 Å². The van der Waals surface area contributed by atoms with Gasteiger partial charge in [0, 0.05) is 44.5 Å². The highest BCUT2D eigenvalue weighted by atomic mass is 15.3. The number of piperazine rings is 1. The van der Waals surface area contributed by atoms with Crippen LogP contribution in [0, 0.1) is 5.92 Å². The molecule has 3 nitrogen and oxygen atoms in total. The third kappa shape index (κ3) is 5.82. The molecule has 1 aromatic carbocycles. The Morgan fingerprint density at radius 1 is 0.957 bits per heavy atom. The van der Waals surface area contributed by atoms with Gasteiger partial charge in [0.15, 0.2) is 0 Å². The van der Waals surface area contributed by atoms with Gasteiger partial charge in [-0.3, -0.25) is 4.90 Å². The van der Waals surface area contributed by atoms with Crippen molar-refractivity contribution in [3.63, 3.8) is 0 Å². The van der Waals surface area contributed by atoms with Crippen molar-refractivity contribution in [1.82, 2.24) is 9.80 Å². The minimum absolute atomic E-state index is 0.668. The summed E-state index contributed by atoms with van der Waals surface area (Å²) in [5.74, 6) is 0.782. The van der Waals surface area contributed by atoms with Crippen molar-refractivity contribution in [3.8, 4) is 0 Å². The van der Waals surface area contributed by atoms with Crippen LogP contribution in [-0.2, 0) is 6.54 Å². The zero-order chi connectivity index (χ0) is 16.8. The molecule has 1 saturated heterocycles. The van der Waals surface area contributed by atoms with E-state index in [-0.39, 0.29) is 0 Å². The molecule has 1 aliphatic heterocycles. The smallest absolute Gasteiger partial charge is 0.0367 e. The molecular weight excluding hydrogens is 282 g/mol. The van der Waals surface area contributed by atoms with E-state index in [1.54, 1.807) is 0 Å². The van der Waals surface area contributed by atoms with Crippen molar-refractivity contribution >= 4 is 5.69 Å². The maximum Gasteiger partial charge on any atom is 0.0367 e. The molecule has 0 unspecified atom stereocenters. The minimum Gasteiger partial charge on any atom is -0.369 e. The van der Waals surface area contributed by atoms with Crippen molar-refractivity contribution in [2.24, 2.45) is 5.92 Å². The highest BCUT2D eigenvalue weighted by Crippen LogP contribution is 2.19. The third-order valence-corrected chi connectivity index (χ3v) is 4.89. The molecule has 0 saturated carbocycles. The molecule has 0 atom stereocenters. The zero-order valence-electron chi connectivity index (χ0n) is 15.8. The second-order valence-corrected chi connectivity index (χ2v) is 7.70. The Bertz CT molecular complexity index is 444. The predicted molar refractivity (Wildman–Crippen MR) is 101 cm³/mol. The molecule has 0 bridgehead atoms. The Kier molecular flexibility index (Phi) is 6.91. The summed E-state index contributed by atoms with van der Waals surface area (Å²) >= 11 is 0. The van der Waals surface area contributed by atoms with Crippen LogP contribution in [0.5, 0.6) is 0 Å². The Morgan fingerprint density at radius 2 is 1.57 bits per heavy atom. The van der Waals surface area contributed by atoms with Crippen LogP contribution in [0.1, 0.15) is 39.7 Å². The van der Waals surface area contributed by atoms with Gasteiger partial charge in [0.2, 0.25) is 0 Å². The lowest BCUT2D eigenvalue weighted by Gasteiger charge is -2.38. The average molecular weight is 318 g/mol. The fourth-order valence-electron chi connectivity index (χ4n) is 3.18. The van der Waals surface area contributed by atoms with Gasteiger partial charge in [0.05, 0.1) is 0 Å². The topological polar surface area (TPSA) is 9.72 Å². The SMILES string of the molecule is CC(C)CCN(C)Cc1ccc(N2CCN(C(C)C)CC2)cc1. The molecule has 130 valence electrons. The van der Waals surface area contributed by atoms with Crippen LogP contribution in [0.4, 0.5) is 5.69 Å². The molecule has 1 aliphatic rings. The molecule has 2 rings (SSSR count). The first-order valence-electron chi connectivity index (χ1n) is 9.22. The van der Waals surface area contributed by atoms with Gasteiger partial charge in [-0.1, -0.05) is 26.0 Å². The first-order chi connectivity index (χ1) is 11.0. The van der Waals surface area contributed by atoms with E-state index in [9.17, 15) is 0 Å². The lowest BCUT2D eigenvalue weighted by atomic mass is 10.1. The first kappa shape index (κ1) is 18.3. The summed E-state index contributed by atoms with van der Waals surface area (Å²) in [5.41, 5.74) is 2.79. The van der Waals surface area contributed by atoms with E-state index in [1.165, 1.54) is 37.3 Å². The molecule has 1 aromatic rings. The number of hydrogen-bond acceptors (Lipinski definition) is 3. The largest absolute Gasteiger partial charge is 0.369 e. The van der Waals surface area contributed by atoms with Crippen LogP contribution in [0.2, 0.25) is 0 Å². The van der Waals surface area contributed by atoms with E-state index < -0.39 is 0 Å². The van der Waals surface area contributed by atoms with Crippen molar-refractivity contribution in [2.75, 3.05) is 44.7 Å². The quantitative estimate of drug-likeness (QED) is 0.759. The fraction of sp³-hybridized carbons (Fsp3) is 0.700. The molecule has 0 amide bonds. The third-order valence-electron chi connectivity index (χ3n) is 4.89. The van der Waals surface area contributed by atoms with Crippen LogP contribution in [0.15, 0.2) is 24.3 Å². The zero-order valence-corrected chi connectivity index (χ0v) is 15.8. The van der Waals surface area contributed by atoms with Crippen molar-refractivity contribution in [1.29, 1.82) is 0 Å². The van der Waals surface area contributed by atoms with E-state index in [1.807, 2.05) is 0 Å². The van der Waals surface area contributed by atoms with E-state index in [4.69, 9.17) is 0 Å². The summed E-state index contributed by atoms with van der Waals surface area (Å²) in [6, 6.07) is 9.88. The molecule has 0 radical (unpaired) electrons. The molecule has 1 heterocycles. The van der Waals surface area contributed by atoms with Crippen LogP contribution < -0.4 is 4.90 Å². The molecule has 0 spiro atoms. The molecule has 1 fully saturated rings.